The van der Waals surface area contributed by atoms with Gasteiger partial charge < -0.3 is 20.1 Å². The Morgan fingerprint density at radius 2 is 1.18 bits per heavy atom. The molecule has 28 heavy (non-hydrogen) atoms. The van der Waals surface area contributed by atoms with Gasteiger partial charge in [-0.05, 0) is 19.3 Å². The summed E-state index contributed by atoms with van der Waals surface area (Å²) in [5.74, 6) is -4.14. The van der Waals surface area contributed by atoms with Gasteiger partial charge in [0.1, 0.15) is 5.41 Å². The van der Waals surface area contributed by atoms with Crippen molar-refractivity contribution in [2.24, 2.45) is 5.41 Å². The number of carboxylic acid groups (broad SMARTS) is 3. The largest absolute Gasteiger partial charge is 0.481 e. The topological polar surface area (TPSA) is 121 Å². The molecule has 7 heteroatoms. The van der Waals surface area contributed by atoms with Crippen molar-refractivity contribution in [3.05, 3.63) is 0 Å². The molecule has 0 aliphatic rings. The average Bonchev–Trinajstić information content (AvgIpc) is 2.62. The Hall–Kier alpha value is -1.63. The molecule has 0 heterocycles. The van der Waals surface area contributed by atoms with Crippen molar-refractivity contribution in [1.29, 1.82) is 0 Å². The molecule has 0 aromatic rings. The number of aliphatic carboxylic acids is 3. The minimum atomic E-state index is -2.28. The van der Waals surface area contributed by atoms with Gasteiger partial charge in [-0.1, -0.05) is 72.1 Å². The normalized spacial score (nSPS) is 13.8. The highest BCUT2D eigenvalue weighted by Crippen LogP contribution is 2.47. The van der Waals surface area contributed by atoms with Gasteiger partial charge in [-0.25, -0.2) is 4.79 Å². The van der Waals surface area contributed by atoms with Gasteiger partial charge in [-0.2, -0.15) is 0 Å². The van der Waals surface area contributed by atoms with E-state index in [1.807, 2.05) is 20.8 Å². The molecule has 0 amide bonds. The first kappa shape index (κ1) is 26.4. The number of ether oxygens (including phenoxy) is 1. The van der Waals surface area contributed by atoms with Gasteiger partial charge >= 0.3 is 17.9 Å². The third-order valence-electron chi connectivity index (χ3n) is 5.44. The van der Waals surface area contributed by atoms with Gasteiger partial charge in [-0.15, -0.1) is 0 Å². The van der Waals surface area contributed by atoms with Crippen molar-refractivity contribution < 1.29 is 34.4 Å². The summed E-state index contributed by atoms with van der Waals surface area (Å²) < 4.78 is 5.73. The van der Waals surface area contributed by atoms with Crippen LogP contribution in [0.2, 0.25) is 0 Å². The van der Waals surface area contributed by atoms with Crippen LogP contribution in [0.25, 0.3) is 0 Å². The van der Waals surface area contributed by atoms with Crippen LogP contribution >= 0.6 is 0 Å². The second-order valence-electron chi connectivity index (χ2n) is 7.56. The van der Waals surface area contributed by atoms with E-state index in [1.165, 1.54) is 0 Å². The average molecular weight is 403 g/mol. The molecule has 0 radical (unpaired) electrons. The molecule has 164 valence electrons. The van der Waals surface area contributed by atoms with Crippen LogP contribution in [0.5, 0.6) is 0 Å². The second kappa shape index (κ2) is 13.5. The van der Waals surface area contributed by atoms with Crippen LogP contribution in [0.15, 0.2) is 0 Å². The Kier molecular flexibility index (Phi) is 12.7. The highest BCUT2D eigenvalue weighted by Gasteiger charge is 2.63. The van der Waals surface area contributed by atoms with Crippen molar-refractivity contribution >= 4 is 17.9 Å². The highest BCUT2D eigenvalue weighted by molar-refractivity contribution is 5.92. The quantitative estimate of drug-likeness (QED) is 0.283. The minimum Gasteiger partial charge on any atom is -0.481 e. The molecule has 1 atom stereocenters. The van der Waals surface area contributed by atoms with Crippen molar-refractivity contribution in [2.45, 2.75) is 103 Å². The molecule has 0 fully saturated rings. The van der Waals surface area contributed by atoms with E-state index in [0.717, 1.165) is 38.5 Å². The summed E-state index contributed by atoms with van der Waals surface area (Å²) in [5, 5.41) is 29.7. The van der Waals surface area contributed by atoms with Crippen LogP contribution in [0.1, 0.15) is 97.8 Å². The maximum Gasteiger partial charge on any atom is 0.337 e. The van der Waals surface area contributed by atoms with Crippen molar-refractivity contribution in [1.82, 2.24) is 0 Å². The van der Waals surface area contributed by atoms with E-state index < -0.39 is 35.3 Å². The molecular formula is C21H38O7. The second-order valence-corrected chi connectivity index (χ2v) is 7.56. The minimum absolute atomic E-state index is 0.0318. The fourth-order valence-corrected chi connectivity index (χ4v) is 3.78. The summed E-state index contributed by atoms with van der Waals surface area (Å²) in [6.45, 7) is 5.97. The zero-order valence-electron chi connectivity index (χ0n) is 17.7. The standard InChI is InChI=1S/C21H38O7/c1-4-7-10-13-20(18(24)25,14-11-8-5-2)21(19(26)27,16-17(22)23)28-15-12-9-6-3/h4-16H2,1-3H3,(H,22,23)(H,24,25)(H,26,27). The van der Waals surface area contributed by atoms with Crippen LogP contribution in [0.4, 0.5) is 0 Å². The van der Waals surface area contributed by atoms with E-state index in [2.05, 4.69) is 0 Å². The maximum atomic E-state index is 12.5. The van der Waals surface area contributed by atoms with Crippen LogP contribution in [-0.4, -0.2) is 45.4 Å². The predicted molar refractivity (Wildman–Crippen MR) is 106 cm³/mol. The van der Waals surface area contributed by atoms with Crippen LogP contribution in [-0.2, 0) is 19.1 Å². The number of carbonyl (C=O) groups is 3. The number of carboxylic acids is 3. The Morgan fingerprint density at radius 3 is 1.54 bits per heavy atom. The Labute approximate surface area is 168 Å². The molecule has 3 N–H and O–H groups in total. The maximum absolute atomic E-state index is 12.5. The lowest BCUT2D eigenvalue weighted by atomic mass is 9.63. The number of unbranched alkanes of at least 4 members (excludes halogenated alkanes) is 6. The van der Waals surface area contributed by atoms with Crippen molar-refractivity contribution in [3.63, 3.8) is 0 Å². The fraction of sp³-hybridized carbons (Fsp3) is 0.857. The van der Waals surface area contributed by atoms with Gasteiger partial charge in [0.15, 0.2) is 5.60 Å². The first-order valence-corrected chi connectivity index (χ1v) is 10.6. The molecule has 0 aromatic carbocycles. The molecule has 0 saturated heterocycles. The Morgan fingerprint density at radius 1 is 0.714 bits per heavy atom. The molecular weight excluding hydrogens is 364 g/mol. The molecule has 0 aromatic heterocycles. The molecule has 0 bridgehead atoms. The van der Waals surface area contributed by atoms with Gasteiger partial charge in [0.25, 0.3) is 0 Å². The van der Waals surface area contributed by atoms with E-state index in [9.17, 15) is 29.7 Å². The number of hydrogen-bond donors (Lipinski definition) is 3. The summed E-state index contributed by atoms with van der Waals surface area (Å²) in [4.78, 5) is 36.5. The van der Waals surface area contributed by atoms with Crippen LogP contribution in [0.3, 0.4) is 0 Å². The molecule has 0 spiro atoms. The summed E-state index contributed by atoms with van der Waals surface area (Å²) >= 11 is 0. The Bertz CT molecular complexity index is 479. The van der Waals surface area contributed by atoms with E-state index in [1.54, 1.807) is 0 Å². The number of hydrogen-bond acceptors (Lipinski definition) is 4. The zero-order valence-corrected chi connectivity index (χ0v) is 17.7. The fourth-order valence-electron chi connectivity index (χ4n) is 3.78. The van der Waals surface area contributed by atoms with E-state index >= 15 is 0 Å². The summed E-state index contributed by atoms with van der Waals surface area (Å²) in [6, 6.07) is 0. The molecule has 1 unspecified atom stereocenters. The van der Waals surface area contributed by atoms with Gasteiger partial charge in [-0.3, -0.25) is 9.59 Å². The first-order chi connectivity index (χ1) is 13.2. The number of rotatable bonds is 18. The van der Waals surface area contributed by atoms with Gasteiger partial charge in [0.05, 0.1) is 6.42 Å². The summed E-state index contributed by atoms with van der Waals surface area (Å²) in [6.07, 6.45) is 5.80. The zero-order chi connectivity index (χ0) is 21.6. The van der Waals surface area contributed by atoms with Crippen LogP contribution < -0.4 is 0 Å². The van der Waals surface area contributed by atoms with Gasteiger partial charge in [0, 0.05) is 6.61 Å². The Balaban J connectivity index is 6.19. The van der Waals surface area contributed by atoms with Crippen LogP contribution in [0, 0.1) is 5.41 Å². The molecule has 0 aliphatic carbocycles. The predicted octanol–water partition coefficient (Wildman–Crippen LogP) is 4.72. The third-order valence-corrected chi connectivity index (χ3v) is 5.44. The van der Waals surface area contributed by atoms with E-state index in [4.69, 9.17) is 4.74 Å². The smallest absolute Gasteiger partial charge is 0.337 e. The molecule has 0 saturated carbocycles. The molecule has 0 rings (SSSR count). The van der Waals surface area contributed by atoms with Crippen molar-refractivity contribution in [2.75, 3.05) is 6.61 Å². The molecule has 7 nitrogen and oxygen atoms in total. The first-order valence-electron chi connectivity index (χ1n) is 10.6. The summed E-state index contributed by atoms with van der Waals surface area (Å²) in [5.41, 5.74) is -4.05. The SMILES string of the molecule is CCCCCOC(CC(=O)O)(C(=O)O)C(CCCCC)(CCCCC)C(=O)O. The lowest BCUT2D eigenvalue weighted by molar-refractivity contribution is -0.208. The van der Waals surface area contributed by atoms with Crippen molar-refractivity contribution in [3.8, 4) is 0 Å². The lowest BCUT2D eigenvalue weighted by Gasteiger charge is -2.44. The summed E-state index contributed by atoms with van der Waals surface area (Å²) in [7, 11) is 0. The van der Waals surface area contributed by atoms with E-state index in [-0.39, 0.29) is 19.4 Å². The molecule has 0 aliphatic heterocycles. The lowest BCUT2D eigenvalue weighted by Crippen LogP contribution is -2.61. The highest BCUT2D eigenvalue weighted by atomic mass is 16.5. The van der Waals surface area contributed by atoms with E-state index in [0.29, 0.717) is 19.3 Å². The third kappa shape index (κ3) is 7.08. The van der Waals surface area contributed by atoms with Gasteiger partial charge in [0.2, 0.25) is 0 Å². The monoisotopic (exact) mass is 402 g/mol.